The zero-order valence-electron chi connectivity index (χ0n) is 18.3. The van der Waals surface area contributed by atoms with Crippen molar-refractivity contribution in [3.63, 3.8) is 0 Å². The van der Waals surface area contributed by atoms with Crippen LogP contribution in [0.5, 0.6) is 5.75 Å². The Morgan fingerprint density at radius 1 is 1.06 bits per heavy atom. The molecule has 1 aliphatic carbocycles. The topological polar surface area (TPSA) is 131 Å². The highest BCUT2D eigenvalue weighted by Crippen LogP contribution is 2.31. The first-order valence-corrected chi connectivity index (χ1v) is 10.8. The van der Waals surface area contributed by atoms with Gasteiger partial charge in [0.2, 0.25) is 11.8 Å². The van der Waals surface area contributed by atoms with Crippen LogP contribution in [0.3, 0.4) is 0 Å². The van der Waals surface area contributed by atoms with Gasteiger partial charge in [-0.1, -0.05) is 56.3 Å². The second-order valence-corrected chi connectivity index (χ2v) is 8.65. The molecule has 172 valence electrons. The first-order valence-electron chi connectivity index (χ1n) is 10.8. The summed E-state index contributed by atoms with van der Waals surface area (Å²) in [7, 11) is 0. The van der Waals surface area contributed by atoms with Gasteiger partial charge in [0.1, 0.15) is 5.75 Å². The molecule has 0 saturated carbocycles. The summed E-state index contributed by atoms with van der Waals surface area (Å²) >= 11 is 0. The number of carbonyl (C=O) groups is 2. The molecule has 8 heteroatoms. The van der Waals surface area contributed by atoms with E-state index in [4.69, 9.17) is 0 Å². The summed E-state index contributed by atoms with van der Waals surface area (Å²) in [4.78, 5) is 26.0. The van der Waals surface area contributed by atoms with Crippen molar-refractivity contribution in [3.05, 3.63) is 65.2 Å². The first-order chi connectivity index (χ1) is 15.3. The Hall–Kier alpha value is -2.94. The van der Waals surface area contributed by atoms with E-state index in [0.29, 0.717) is 18.5 Å². The molecule has 2 aromatic carbocycles. The molecule has 2 aromatic rings. The van der Waals surface area contributed by atoms with Crippen molar-refractivity contribution < 1.29 is 25.0 Å². The fourth-order valence-corrected chi connectivity index (χ4v) is 4.14. The average Bonchev–Trinajstić information content (AvgIpc) is 3.08. The standard InChI is InChI=1S/C24H31N3O5/c1-14(2)13-25-22(18(23(30)27-32)11-16-8-4-6-10-19(16)28)24(31)26-21-17-9-5-3-7-15(17)12-20(21)29/h3-10,14,18,20-22,25,28-29,32H,11-13H2,1-2H3,(H,26,31)(H,27,30)/t18-,20-,21-,22+/m0/s1. The van der Waals surface area contributed by atoms with Gasteiger partial charge < -0.3 is 20.8 Å². The molecule has 2 amide bonds. The van der Waals surface area contributed by atoms with Crippen molar-refractivity contribution in [2.45, 2.75) is 44.9 Å². The Labute approximate surface area is 187 Å². The number of phenols is 1. The van der Waals surface area contributed by atoms with E-state index >= 15 is 0 Å². The number of aliphatic hydroxyl groups excluding tert-OH is 1. The number of carbonyl (C=O) groups excluding carboxylic acids is 2. The van der Waals surface area contributed by atoms with Crippen molar-refractivity contribution in [1.29, 1.82) is 0 Å². The van der Waals surface area contributed by atoms with Crippen LogP contribution in [0.4, 0.5) is 0 Å². The van der Waals surface area contributed by atoms with Crippen LogP contribution in [0.15, 0.2) is 48.5 Å². The molecular formula is C24H31N3O5. The van der Waals surface area contributed by atoms with Gasteiger partial charge in [0.25, 0.3) is 0 Å². The molecule has 8 nitrogen and oxygen atoms in total. The number of aliphatic hydroxyl groups is 1. The number of aromatic hydroxyl groups is 1. The van der Waals surface area contributed by atoms with Crippen LogP contribution >= 0.6 is 0 Å². The molecule has 1 aliphatic rings. The van der Waals surface area contributed by atoms with Crippen LogP contribution in [0.2, 0.25) is 0 Å². The molecule has 0 unspecified atom stereocenters. The predicted octanol–water partition coefficient (Wildman–Crippen LogP) is 1.44. The molecule has 0 heterocycles. The number of benzene rings is 2. The molecule has 4 atom stereocenters. The van der Waals surface area contributed by atoms with Crippen LogP contribution in [-0.4, -0.2) is 45.9 Å². The number of phenolic OH excluding ortho intramolecular Hbond substituents is 1. The van der Waals surface area contributed by atoms with Crippen molar-refractivity contribution in [3.8, 4) is 5.75 Å². The number of hydrogen-bond donors (Lipinski definition) is 6. The molecule has 32 heavy (non-hydrogen) atoms. The molecule has 0 bridgehead atoms. The average molecular weight is 442 g/mol. The molecule has 0 saturated heterocycles. The van der Waals surface area contributed by atoms with Gasteiger partial charge in [-0.05, 0) is 41.6 Å². The Morgan fingerprint density at radius 2 is 1.75 bits per heavy atom. The molecular weight excluding hydrogens is 410 g/mol. The molecule has 6 N–H and O–H groups in total. The molecule has 3 rings (SSSR count). The number of hydrogen-bond acceptors (Lipinski definition) is 6. The number of rotatable bonds is 9. The Bertz CT molecular complexity index is 949. The van der Waals surface area contributed by atoms with Crippen LogP contribution in [0.1, 0.15) is 36.6 Å². The SMILES string of the molecule is CC(C)CN[C@@H](C(=O)N[C@H]1c2ccccc2C[C@@H]1O)[C@H](Cc1ccccc1O)C(=O)NO. The van der Waals surface area contributed by atoms with Gasteiger partial charge >= 0.3 is 0 Å². The van der Waals surface area contributed by atoms with Crippen LogP contribution in [0, 0.1) is 11.8 Å². The third kappa shape index (κ3) is 5.45. The summed E-state index contributed by atoms with van der Waals surface area (Å²) in [6, 6.07) is 12.5. The summed E-state index contributed by atoms with van der Waals surface area (Å²) in [5.74, 6) is -1.99. The summed E-state index contributed by atoms with van der Waals surface area (Å²) in [5, 5.41) is 36.1. The van der Waals surface area contributed by atoms with Crippen molar-refractivity contribution in [2.24, 2.45) is 11.8 Å². The van der Waals surface area contributed by atoms with E-state index in [-0.39, 0.29) is 18.1 Å². The third-order valence-corrected chi connectivity index (χ3v) is 5.81. The maximum atomic E-state index is 13.4. The number of para-hydroxylation sites is 1. The third-order valence-electron chi connectivity index (χ3n) is 5.81. The van der Waals surface area contributed by atoms with Gasteiger partial charge in [-0.3, -0.25) is 14.8 Å². The van der Waals surface area contributed by atoms with Crippen molar-refractivity contribution in [2.75, 3.05) is 6.54 Å². The quantitative estimate of drug-likeness (QED) is 0.258. The highest BCUT2D eigenvalue weighted by Gasteiger charge is 2.38. The molecule has 0 aromatic heterocycles. The summed E-state index contributed by atoms with van der Waals surface area (Å²) < 4.78 is 0. The highest BCUT2D eigenvalue weighted by molar-refractivity contribution is 5.90. The van der Waals surface area contributed by atoms with E-state index < -0.39 is 35.9 Å². The maximum absolute atomic E-state index is 13.4. The Morgan fingerprint density at radius 3 is 2.44 bits per heavy atom. The summed E-state index contributed by atoms with van der Waals surface area (Å²) in [6.07, 6.45) is -0.305. The van der Waals surface area contributed by atoms with Gasteiger partial charge in [-0.15, -0.1) is 0 Å². The fourth-order valence-electron chi connectivity index (χ4n) is 4.14. The number of amides is 2. The van der Waals surface area contributed by atoms with Gasteiger partial charge in [0.15, 0.2) is 0 Å². The largest absolute Gasteiger partial charge is 0.508 e. The second kappa shape index (κ2) is 10.6. The van der Waals surface area contributed by atoms with E-state index in [1.54, 1.807) is 23.7 Å². The number of nitrogens with one attached hydrogen (secondary N) is 3. The van der Waals surface area contributed by atoms with E-state index in [9.17, 15) is 25.0 Å². The highest BCUT2D eigenvalue weighted by atomic mass is 16.5. The lowest BCUT2D eigenvalue weighted by Gasteiger charge is -2.29. The summed E-state index contributed by atoms with van der Waals surface area (Å²) in [5.41, 5.74) is 3.95. The summed E-state index contributed by atoms with van der Waals surface area (Å²) in [6.45, 7) is 4.41. The van der Waals surface area contributed by atoms with Crippen LogP contribution in [-0.2, 0) is 22.4 Å². The zero-order valence-corrected chi connectivity index (χ0v) is 18.3. The minimum absolute atomic E-state index is 0.00593. The van der Waals surface area contributed by atoms with E-state index in [1.165, 1.54) is 6.07 Å². The lowest BCUT2D eigenvalue weighted by molar-refractivity contribution is -0.138. The minimum atomic E-state index is -0.999. The number of fused-ring (bicyclic) bond motifs is 1. The Balaban J connectivity index is 1.88. The molecule has 0 aliphatic heterocycles. The van der Waals surface area contributed by atoms with Crippen molar-refractivity contribution >= 4 is 11.8 Å². The minimum Gasteiger partial charge on any atom is -0.508 e. The normalized spacial score (nSPS) is 19.3. The molecule has 0 fully saturated rings. The lowest BCUT2D eigenvalue weighted by Crippen LogP contribution is -2.55. The van der Waals surface area contributed by atoms with Crippen LogP contribution < -0.4 is 16.1 Å². The smallest absolute Gasteiger partial charge is 0.248 e. The lowest BCUT2D eigenvalue weighted by atomic mass is 9.89. The first kappa shape index (κ1) is 23.7. The molecule has 0 radical (unpaired) electrons. The Kier molecular flexibility index (Phi) is 7.84. The van der Waals surface area contributed by atoms with Crippen molar-refractivity contribution in [1.82, 2.24) is 16.1 Å². The monoisotopic (exact) mass is 441 g/mol. The van der Waals surface area contributed by atoms with Gasteiger partial charge in [-0.2, -0.15) is 0 Å². The van der Waals surface area contributed by atoms with E-state index in [2.05, 4.69) is 10.6 Å². The van der Waals surface area contributed by atoms with Gasteiger partial charge in [0, 0.05) is 6.42 Å². The van der Waals surface area contributed by atoms with Gasteiger partial charge in [0.05, 0.1) is 24.1 Å². The van der Waals surface area contributed by atoms with Gasteiger partial charge in [-0.25, -0.2) is 5.48 Å². The maximum Gasteiger partial charge on any atom is 0.248 e. The fraction of sp³-hybridized carbons (Fsp3) is 0.417. The van der Waals surface area contributed by atoms with Crippen LogP contribution in [0.25, 0.3) is 0 Å². The van der Waals surface area contributed by atoms with E-state index in [0.717, 1.165) is 11.1 Å². The zero-order chi connectivity index (χ0) is 23.3. The molecule has 0 spiro atoms. The van der Waals surface area contributed by atoms with E-state index in [1.807, 2.05) is 38.1 Å². The number of hydroxylamine groups is 1. The second-order valence-electron chi connectivity index (χ2n) is 8.65. The predicted molar refractivity (Wildman–Crippen MR) is 119 cm³/mol.